The first-order valence-electron chi connectivity index (χ1n) is 7.60. The fraction of sp³-hybridized carbons (Fsp3) is 0.471. The number of aryl methyl sites for hydroxylation is 3. The van der Waals surface area contributed by atoms with Crippen molar-refractivity contribution in [3.63, 3.8) is 0 Å². The summed E-state index contributed by atoms with van der Waals surface area (Å²) in [4.78, 5) is 0. The van der Waals surface area contributed by atoms with E-state index in [4.69, 9.17) is 0 Å². The van der Waals surface area contributed by atoms with Gasteiger partial charge in [-0.05, 0) is 66.4 Å². The molecule has 0 radical (unpaired) electrons. The number of halogens is 1. The molecule has 1 aromatic carbocycles. The Kier molecular flexibility index (Phi) is 5.59. The quantitative estimate of drug-likeness (QED) is 0.838. The van der Waals surface area contributed by atoms with Gasteiger partial charge in [0.15, 0.2) is 0 Å². The first-order valence-corrected chi connectivity index (χ1v) is 8.40. The van der Waals surface area contributed by atoms with Crippen molar-refractivity contribution >= 4 is 15.9 Å². The molecule has 2 rings (SSSR count). The van der Waals surface area contributed by atoms with Gasteiger partial charge < -0.3 is 5.32 Å². The normalized spacial score (nSPS) is 12.6. The van der Waals surface area contributed by atoms with Crippen LogP contribution >= 0.6 is 15.9 Å². The lowest BCUT2D eigenvalue weighted by Crippen LogP contribution is -2.27. The Morgan fingerprint density at radius 1 is 1.24 bits per heavy atom. The van der Waals surface area contributed by atoms with E-state index in [-0.39, 0.29) is 6.04 Å². The van der Waals surface area contributed by atoms with Crippen LogP contribution in [0.15, 0.2) is 28.9 Å². The highest BCUT2D eigenvalue weighted by Gasteiger charge is 2.23. The summed E-state index contributed by atoms with van der Waals surface area (Å²) in [6.45, 7) is 10.6. The second kappa shape index (κ2) is 7.23. The van der Waals surface area contributed by atoms with Gasteiger partial charge >= 0.3 is 0 Å². The van der Waals surface area contributed by atoms with Crippen molar-refractivity contribution in [1.82, 2.24) is 15.1 Å². The standard InChI is InChI=1S/C17H24BrN3/c1-5-10-19-16(15-12(3)8-7-9-13(15)4)17-14(18)11-20-21(17)6-2/h7-9,11,16,19H,5-6,10H2,1-4H3. The molecule has 0 saturated heterocycles. The lowest BCUT2D eigenvalue weighted by molar-refractivity contribution is 0.525. The van der Waals surface area contributed by atoms with Crippen molar-refractivity contribution in [3.8, 4) is 0 Å². The zero-order valence-corrected chi connectivity index (χ0v) is 14.9. The summed E-state index contributed by atoms with van der Waals surface area (Å²) in [6.07, 6.45) is 3.01. The summed E-state index contributed by atoms with van der Waals surface area (Å²) >= 11 is 3.67. The molecule has 2 aromatic rings. The molecule has 1 atom stereocenters. The average molecular weight is 350 g/mol. The predicted molar refractivity (Wildman–Crippen MR) is 91.7 cm³/mol. The van der Waals surface area contributed by atoms with Crippen LogP contribution in [0, 0.1) is 13.8 Å². The van der Waals surface area contributed by atoms with Crippen LogP contribution in [-0.4, -0.2) is 16.3 Å². The molecule has 0 saturated carbocycles. The maximum atomic E-state index is 4.48. The van der Waals surface area contributed by atoms with Crippen LogP contribution in [-0.2, 0) is 6.54 Å². The highest BCUT2D eigenvalue weighted by Crippen LogP contribution is 2.32. The molecule has 0 amide bonds. The lowest BCUT2D eigenvalue weighted by atomic mass is 9.94. The molecule has 0 aliphatic rings. The second-order valence-electron chi connectivity index (χ2n) is 5.39. The molecule has 1 N–H and O–H groups in total. The van der Waals surface area contributed by atoms with E-state index >= 15 is 0 Å². The minimum absolute atomic E-state index is 0.169. The molecule has 1 unspecified atom stereocenters. The fourth-order valence-electron chi connectivity index (χ4n) is 2.82. The van der Waals surface area contributed by atoms with E-state index in [9.17, 15) is 0 Å². The Balaban J connectivity index is 2.55. The SMILES string of the molecule is CCCNC(c1c(C)cccc1C)c1c(Br)cnn1CC. The van der Waals surface area contributed by atoms with E-state index in [2.05, 4.69) is 76.9 Å². The monoisotopic (exact) mass is 349 g/mol. The van der Waals surface area contributed by atoms with Crippen molar-refractivity contribution in [2.45, 2.75) is 46.7 Å². The van der Waals surface area contributed by atoms with E-state index in [0.717, 1.165) is 24.0 Å². The van der Waals surface area contributed by atoms with Crippen LogP contribution in [0.4, 0.5) is 0 Å². The third-order valence-corrected chi connectivity index (χ3v) is 4.45. The van der Waals surface area contributed by atoms with Gasteiger partial charge in [0.05, 0.1) is 22.4 Å². The van der Waals surface area contributed by atoms with Gasteiger partial charge in [-0.15, -0.1) is 0 Å². The highest BCUT2D eigenvalue weighted by molar-refractivity contribution is 9.10. The van der Waals surface area contributed by atoms with E-state index in [1.54, 1.807) is 0 Å². The van der Waals surface area contributed by atoms with Crippen molar-refractivity contribution in [2.24, 2.45) is 0 Å². The van der Waals surface area contributed by atoms with Crippen LogP contribution in [0.25, 0.3) is 0 Å². The van der Waals surface area contributed by atoms with Crippen LogP contribution in [0.1, 0.15) is 48.7 Å². The Morgan fingerprint density at radius 2 is 1.90 bits per heavy atom. The molecule has 114 valence electrons. The van der Waals surface area contributed by atoms with Gasteiger partial charge in [0.25, 0.3) is 0 Å². The molecule has 4 heteroatoms. The number of benzene rings is 1. The largest absolute Gasteiger partial charge is 0.305 e. The molecule has 0 aliphatic heterocycles. The summed E-state index contributed by atoms with van der Waals surface area (Å²) in [7, 11) is 0. The van der Waals surface area contributed by atoms with Gasteiger partial charge in [0.1, 0.15) is 0 Å². The number of rotatable bonds is 6. The van der Waals surface area contributed by atoms with Gasteiger partial charge in [-0.3, -0.25) is 4.68 Å². The topological polar surface area (TPSA) is 29.9 Å². The number of aromatic nitrogens is 2. The summed E-state index contributed by atoms with van der Waals surface area (Å²) in [5.41, 5.74) is 5.21. The first-order chi connectivity index (χ1) is 10.1. The van der Waals surface area contributed by atoms with Gasteiger partial charge in [-0.2, -0.15) is 5.10 Å². The predicted octanol–water partition coefficient (Wildman–Crippen LogP) is 4.37. The molecular weight excluding hydrogens is 326 g/mol. The Hall–Kier alpha value is -1.13. The molecule has 1 aromatic heterocycles. The third kappa shape index (κ3) is 3.38. The first kappa shape index (κ1) is 16.2. The minimum Gasteiger partial charge on any atom is -0.305 e. The van der Waals surface area contributed by atoms with Crippen LogP contribution < -0.4 is 5.32 Å². The van der Waals surface area contributed by atoms with Crippen LogP contribution in [0.2, 0.25) is 0 Å². The average Bonchev–Trinajstić information content (AvgIpc) is 2.83. The smallest absolute Gasteiger partial charge is 0.0765 e. The van der Waals surface area contributed by atoms with Gasteiger partial charge in [0, 0.05) is 6.54 Å². The van der Waals surface area contributed by atoms with E-state index in [1.165, 1.54) is 22.4 Å². The van der Waals surface area contributed by atoms with Gasteiger partial charge in [-0.25, -0.2) is 0 Å². The molecule has 0 aliphatic carbocycles. The zero-order valence-electron chi connectivity index (χ0n) is 13.3. The Bertz CT molecular complexity index is 584. The Morgan fingerprint density at radius 3 is 2.48 bits per heavy atom. The summed E-state index contributed by atoms with van der Waals surface area (Å²) < 4.78 is 3.14. The van der Waals surface area contributed by atoms with Crippen molar-refractivity contribution in [3.05, 3.63) is 51.3 Å². The molecule has 1 heterocycles. The third-order valence-electron chi connectivity index (χ3n) is 3.84. The van der Waals surface area contributed by atoms with E-state index in [1.807, 2.05) is 6.20 Å². The molecule has 3 nitrogen and oxygen atoms in total. The highest BCUT2D eigenvalue weighted by atomic mass is 79.9. The van der Waals surface area contributed by atoms with Crippen LogP contribution in [0.3, 0.4) is 0 Å². The van der Waals surface area contributed by atoms with Crippen molar-refractivity contribution in [1.29, 1.82) is 0 Å². The maximum absolute atomic E-state index is 4.48. The molecule has 0 spiro atoms. The molecular formula is C17H24BrN3. The summed E-state index contributed by atoms with van der Waals surface area (Å²) in [5, 5.41) is 8.17. The van der Waals surface area contributed by atoms with Gasteiger partial charge in [-0.1, -0.05) is 25.1 Å². The summed E-state index contributed by atoms with van der Waals surface area (Å²) in [6, 6.07) is 6.66. The molecule has 0 fully saturated rings. The van der Waals surface area contributed by atoms with Crippen molar-refractivity contribution < 1.29 is 0 Å². The van der Waals surface area contributed by atoms with E-state index in [0.29, 0.717) is 0 Å². The minimum atomic E-state index is 0.169. The van der Waals surface area contributed by atoms with Crippen LogP contribution in [0.5, 0.6) is 0 Å². The number of nitrogens with zero attached hydrogens (tertiary/aromatic N) is 2. The van der Waals surface area contributed by atoms with E-state index < -0.39 is 0 Å². The zero-order chi connectivity index (χ0) is 15.4. The molecule has 21 heavy (non-hydrogen) atoms. The fourth-order valence-corrected chi connectivity index (χ4v) is 3.34. The summed E-state index contributed by atoms with van der Waals surface area (Å²) in [5.74, 6) is 0. The number of nitrogens with one attached hydrogen (secondary N) is 1. The number of hydrogen-bond acceptors (Lipinski definition) is 2. The maximum Gasteiger partial charge on any atom is 0.0765 e. The lowest BCUT2D eigenvalue weighted by Gasteiger charge is -2.24. The number of hydrogen-bond donors (Lipinski definition) is 1. The van der Waals surface area contributed by atoms with Crippen molar-refractivity contribution in [2.75, 3.05) is 6.54 Å². The second-order valence-corrected chi connectivity index (χ2v) is 6.24. The van der Waals surface area contributed by atoms with Gasteiger partial charge in [0.2, 0.25) is 0 Å². The Labute approximate surface area is 135 Å². The molecule has 0 bridgehead atoms.